The Labute approximate surface area is 282 Å². The SMILES string of the molecule is CCOC(=O)C1=C(C)N=c2s/c(=C\c3cc(Br)c(OCc4ccc(C#N)cc4)c([N+](=O)[O-])c3)c(=O)n2[C@@H]1c1ccccc1OC(C)C. The summed E-state index contributed by atoms with van der Waals surface area (Å²) in [5, 5.41) is 21.1. The van der Waals surface area contributed by atoms with Crippen LogP contribution in [0.3, 0.4) is 0 Å². The number of nitro benzene ring substituents is 1. The highest BCUT2D eigenvalue weighted by Gasteiger charge is 2.35. The van der Waals surface area contributed by atoms with E-state index in [1.807, 2.05) is 26.0 Å². The van der Waals surface area contributed by atoms with Crippen LogP contribution in [0.4, 0.5) is 5.69 Å². The van der Waals surface area contributed by atoms with E-state index >= 15 is 0 Å². The van der Waals surface area contributed by atoms with Gasteiger partial charge in [-0.1, -0.05) is 41.7 Å². The molecular weight excluding hydrogens is 688 g/mol. The summed E-state index contributed by atoms with van der Waals surface area (Å²) in [4.78, 5) is 43.9. The van der Waals surface area contributed by atoms with Crippen LogP contribution in [0.25, 0.3) is 6.08 Å². The number of allylic oxidation sites excluding steroid dienone is 1. The fourth-order valence-corrected chi connectivity index (χ4v) is 6.73. The van der Waals surface area contributed by atoms with Crippen LogP contribution in [0.5, 0.6) is 11.5 Å². The molecule has 1 atom stereocenters. The van der Waals surface area contributed by atoms with Crippen molar-refractivity contribution in [2.24, 2.45) is 4.99 Å². The van der Waals surface area contributed by atoms with Gasteiger partial charge >= 0.3 is 11.7 Å². The molecule has 0 amide bonds. The van der Waals surface area contributed by atoms with E-state index < -0.39 is 22.5 Å². The van der Waals surface area contributed by atoms with E-state index in [2.05, 4.69) is 20.9 Å². The topological polar surface area (TPSA) is 146 Å². The molecule has 0 bridgehead atoms. The maximum absolute atomic E-state index is 14.1. The van der Waals surface area contributed by atoms with Gasteiger partial charge in [0.05, 0.1) is 49.5 Å². The van der Waals surface area contributed by atoms with Crippen molar-refractivity contribution in [1.82, 2.24) is 4.57 Å². The molecule has 0 radical (unpaired) electrons. The molecule has 2 heterocycles. The van der Waals surface area contributed by atoms with Gasteiger partial charge < -0.3 is 14.2 Å². The average molecular weight is 718 g/mol. The summed E-state index contributed by atoms with van der Waals surface area (Å²) >= 11 is 4.51. The summed E-state index contributed by atoms with van der Waals surface area (Å²) in [6.45, 7) is 7.34. The number of benzene rings is 3. The fourth-order valence-electron chi connectivity index (χ4n) is 5.10. The number of fused-ring (bicyclic) bond motifs is 1. The predicted octanol–water partition coefficient (Wildman–Crippen LogP) is 5.71. The molecule has 11 nitrogen and oxygen atoms in total. The Morgan fingerprint density at radius 2 is 1.94 bits per heavy atom. The molecular formula is C34H29BrN4O7S. The Hall–Kier alpha value is -5.06. The Balaban J connectivity index is 1.61. The molecule has 0 saturated heterocycles. The Morgan fingerprint density at radius 3 is 2.60 bits per heavy atom. The Kier molecular flexibility index (Phi) is 10.0. The van der Waals surface area contributed by atoms with Crippen LogP contribution in [0.1, 0.15) is 56.0 Å². The molecule has 0 unspecified atom stereocenters. The van der Waals surface area contributed by atoms with Gasteiger partial charge in [-0.15, -0.1) is 0 Å². The van der Waals surface area contributed by atoms with Crippen LogP contribution in [0, 0.1) is 21.4 Å². The minimum Gasteiger partial charge on any atom is -0.491 e. The molecule has 0 aliphatic carbocycles. The minimum atomic E-state index is -0.888. The lowest BCUT2D eigenvalue weighted by Crippen LogP contribution is -2.40. The zero-order chi connectivity index (χ0) is 33.8. The van der Waals surface area contributed by atoms with Crippen molar-refractivity contribution in [3.63, 3.8) is 0 Å². The third kappa shape index (κ3) is 7.03. The number of hydrogen-bond acceptors (Lipinski definition) is 10. The molecule has 4 aromatic rings. The monoisotopic (exact) mass is 716 g/mol. The van der Waals surface area contributed by atoms with Crippen LogP contribution in [-0.2, 0) is 16.1 Å². The molecule has 1 aromatic heterocycles. The maximum atomic E-state index is 14.1. The van der Waals surface area contributed by atoms with Gasteiger partial charge in [-0.25, -0.2) is 9.79 Å². The number of aromatic nitrogens is 1. The number of carbonyl (C=O) groups excluding carboxylic acids is 1. The van der Waals surface area contributed by atoms with Gasteiger partial charge in [0.15, 0.2) is 4.80 Å². The lowest BCUT2D eigenvalue weighted by molar-refractivity contribution is -0.386. The number of esters is 1. The second-order valence-corrected chi connectivity index (χ2v) is 12.6. The van der Waals surface area contributed by atoms with E-state index in [9.17, 15) is 19.7 Å². The number of rotatable bonds is 10. The van der Waals surface area contributed by atoms with Gasteiger partial charge in [-0.05, 0) is 85.1 Å². The molecule has 240 valence electrons. The first-order valence-electron chi connectivity index (χ1n) is 14.6. The number of nitro groups is 1. The van der Waals surface area contributed by atoms with Crippen LogP contribution in [-0.4, -0.2) is 28.2 Å². The lowest BCUT2D eigenvalue weighted by Gasteiger charge is -2.26. The smallest absolute Gasteiger partial charge is 0.338 e. The van der Waals surface area contributed by atoms with Crippen LogP contribution < -0.4 is 24.4 Å². The standard InChI is InChI=1S/C34H29BrN4O7S/c1-5-44-33(41)29-20(4)37-34-38(30(29)24-8-6-7-9-27(24)46-19(2)3)32(40)28(47-34)16-23-14-25(35)31(26(15-23)39(42)43)45-18-22-12-10-21(17-36)11-13-22/h6-16,19,30H,5,18H2,1-4H3/b28-16-/t30-/m1/s1. The number of hydrogen-bond donors (Lipinski definition) is 0. The molecule has 47 heavy (non-hydrogen) atoms. The van der Waals surface area contributed by atoms with E-state index in [0.717, 1.165) is 16.9 Å². The highest BCUT2D eigenvalue weighted by molar-refractivity contribution is 9.10. The first kappa shape index (κ1) is 33.3. The first-order chi connectivity index (χ1) is 22.5. The highest BCUT2D eigenvalue weighted by Crippen LogP contribution is 2.38. The molecule has 13 heteroatoms. The van der Waals surface area contributed by atoms with Crippen LogP contribution in [0.15, 0.2) is 86.2 Å². The number of para-hydroxylation sites is 1. The highest BCUT2D eigenvalue weighted by atomic mass is 79.9. The molecule has 0 saturated carbocycles. The van der Waals surface area contributed by atoms with E-state index in [-0.39, 0.29) is 40.9 Å². The number of thiazole rings is 1. The third-order valence-electron chi connectivity index (χ3n) is 7.10. The molecule has 1 aliphatic heterocycles. The second-order valence-electron chi connectivity index (χ2n) is 10.7. The average Bonchev–Trinajstić information content (AvgIpc) is 3.33. The maximum Gasteiger partial charge on any atom is 0.338 e. The van der Waals surface area contributed by atoms with Crippen molar-refractivity contribution in [1.29, 1.82) is 5.26 Å². The second kappa shape index (κ2) is 14.1. The zero-order valence-corrected chi connectivity index (χ0v) is 28.3. The summed E-state index contributed by atoms with van der Waals surface area (Å²) in [6, 6.07) is 18.0. The molecule has 5 rings (SSSR count). The zero-order valence-electron chi connectivity index (χ0n) is 25.9. The molecule has 3 aromatic carbocycles. The largest absolute Gasteiger partial charge is 0.491 e. The summed E-state index contributed by atoms with van der Waals surface area (Å²) in [5.41, 5.74) is 2.06. The fraction of sp³-hybridized carbons (Fsp3) is 0.235. The summed E-state index contributed by atoms with van der Waals surface area (Å²) in [6.07, 6.45) is 1.37. The molecule has 0 N–H and O–H groups in total. The van der Waals surface area contributed by atoms with E-state index in [1.165, 1.54) is 10.6 Å². The van der Waals surface area contributed by atoms with E-state index in [0.29, 0.717) is 37.4 Å². The van der Waals surface area contributed by atoms with Crippen molar-refractivity contribution in [2.45, 2.75) is 46.4 Å². The first-order valence-corrected chi connectivity index (χ1v) is 16.2. The third-order valence-corrected chi connectivity index (χ3v) is 8.67. The summed E-state index contributed by atoms with van der Waals surface area (Å²) < 4.78 is 19.3. The normalized spacial score (nSPS) is 14.3. The predicted molar refractivity (Wildman–Crippen MR) is 179 cm³/mol. The quantitative estimate of drug-likeness (QED) is 0.115. The molecule has 1 aliphatic rings. The Morgan fingerprint density at radius 1 is 1.21 bits per heavy atom. The van der Waals surface area contributed by atoms with Crippen LogP contribution >= 0.6 is 27.3 Å². The van der Waals surface area contributed by atoms with E-state index in [1.54, 1.807) is 68.5 Å². The number of carbonyl (C=O) groups is 1. The molecule has 0 fully saturated rings. The van der Waals surface area contributed by atoms with Crippen molar-refractivity contribution in [3.8, 4) is 17.6 Å². The minimum absolute atomic E-state index is 0.0226. The lowest BCUT2D eigenvalue weighted by atomic mass is 9.95. The van der Waals surface area contributed by atoms with Gasteiger partial charge in [0, 0.05) is 11.6 Å². The summed E-state index contributed by atoms with van der Waals surface area (Å²) in [7, 11) is 0. The van der Waals surface area contributed by atoms with E-state index in [4.69, 9.17) is 19.5 Å². The van der Waals surface area contributed by atoms with Crippen molar-refractivity contribution in [3.05, 3.63) is 128 Å². The molecule has 0 spiro atoms. The Bertz CT molecular complexity index is 2130. The van der Waals surface area contributed by atoms with Gasteiger partial charge in [0.2, 0.25) is 5.75 Å². The van der Waals surface area contributed by atoms with Crippen molar-refractivity contribution in [2.75, 3.05) is 6.61 Å². The van der Waals surface area contributed by atoms with Crippen molar-refractivity contribution < 1.29 is 23.9 Å². The number of nitrogens with zero attached hydrogens (tertiary/aromatic N) is 4. The van der Waals surface area contributed by atoms with Gasteiger partial charge in [0.1, 0.15) is 18.4 Å². The van der Waals surface area contributed by atoms with Gasteiger partial charge in [0.25, 0.3) is 5.56 Å². The number of ether oxygens (including phenoxy) is 3. The number of nitriles is 1. The van der Waals surface area contributed by atoms with Gasteiger partial charge in [-0.3, -0.25) is 19.5 Å². The van der Waals surface area contributed by atoms with Crippen LogP contribution in [0.2, 0.25) is 0 Å². The number of halogens is 1. The van der Waals surface area contributed by atoms with Crippen molar-refractivity contribution >= 4 is 45.0 Å². The van der Waals surface area contributed by atoms with Gasteiger partial charge in [-0.2, -0.15) is 5.26 Å². The summed E-state index contributed by atoms with van der Waals surface area (Å²) in [5.74, 6) is -0.0623.